The maximum atomic E-state index is 12.1. The minimum atomic E-state index is -0.220. The maximum absolute atomic E-state index is 12.1. The van der Waals surface area contributed by atoms with Gasteiger partial charge in [0.1, 0.15) is 6.61 Å². The average molecular weight is 280 g/mol. The van der Waals surface area contributed by atoms with Gasteiger partial charge in [-0.25, -0.2) is 0 Å². The van der Waals surface area contributed by atoms with Crippen LogP contribution in [0.1, 0.15) is 32.3 Å². The van der Waals surface area contributed by atoms with Crippen LogP contribution in [0.4, 0.5) is 5.69 Å². The van der Waals surface area contributed by atoms with E-state index in [1.54, 1.807) is 18.2 Å². The lowest BCUT2D eigenvalue weighted by molar-refractivity contribution is -0.120. The molecule has 1 rings (SSSR count). The highest BCUT2D eigenvalue weighted by atomic mass is 35.5. The summed E-state index contributed by atoms with van der Waals surface area (Å²) in [6.07, 6.45) is 1.58. The summed E-state index contributed by atoms with van der Waals surface area (Å²) in [4.78, 5) is 12.1. The van der Waals surface area contributed by atoms with Gasteiger partial charge >= 0.3 is 0 Å². The second kappa shape index (κ2) is 7.83. The predicted molar refractivity (Wildman–Crippen MR) is 78.1 cm³/mol. The molecular formula is C15H18ClNO2. The third kappa shape index (κ3) is 4.59. The fourth-order valence-corrected chi connectivity index (χ4v) is 1.93. The van der Waals surface area contributed by atoms with Crippen molar-refractivity contribution in [2.24, 2.45) is 5.92 Å². The van der Waals surface area contributed by atoms with Crippen molar-refractivity contribution in [3.63, 3.8) is 0 Å². The molecule has 0 atom stereocenters. The Morgan fingerprint density at radius 3 is 2.68 bits per heavy atom. The van der Waals surface area contributed by atoms with Gasteiger partial charge in [0.2, 0.25) is 5.91 Å². The summed E-state index contributed by atoms with van der Waals surface area (Å²) < 4.78 is 0. The van der Waals surface area contributed by atoms with Crippen molar-refractivity contribution < 1.29 is 9.90 Å². The highest BCUT2D eigenvalue weighted by Gasteiger charge is 2.15. The summed E-state index contributed by atoms with van der Waals surface area (Å²) >= 11 is 5.93. The molecule has 0 bridgehead atoms. The largest absolute Gasteiger partial charge is 0.384 e. The quantitative estimate of drug-likeness (QED) is 0.832. The van der Waals surface area contributed by atoms with Gasteiger partial charge in [-0.1, -0.05) is 37.3 Å². The lowest BCUT2D eigenvalue weighted by Gasteiger charge is -2.14. The molecule has 0 aliphatic carbocycles. The monoisotopic (exact) mass is 279 g/mol. The molecular weight excluding hydrogens is 262 g/mol. The summed E-state index contributed by atoms with van der Waals surface area (Å²) in [7, 11) is 0. The molecule has 0 fully saturated rings. The second-order valence-corrected chi connectivity index (χ2v) is 4.59. The molecule has 0 aliphatic heterocycles. The molecule has 4 heteroatoms. The molecule has 0 spiro atoms. The summed E-state index contributed by atoms with van der Waals surface area (Å²) in [5.41, 5.74) is 1.24. The van der Waals surface area contributed by atoms with E-state index < -0.39 is 0 Å². The Morgan fingerprint density at radius 1 is 1.42 bits per heavy atom. The molecule has 19 heavy (non-hydrogen) atoms. The van der Waals surface area contributed by atoms with Gasteiger partial charge in [0.15, 0.2) is 0 Å². The number of carbonyl (C=O) groups is 1. The van der Waals surface area contributed by atoms with Gasteiger partial charge in [0, 0.05) is 16.5 Å². The van der Waals surface area contributed by atoms with Crippen LogP contribution in [0.15, 0.2) is 18.2 Å². The Balaban J connectivity index is 2.98. The van der Waals surface area contributed by atoms with Gasteiger partial charge in [0.25, 0.3) is 0 Å². The van der Waals surface area contributed by atoms with Crippen LogP contribution >= 0.6 is 11.6 Å². The number of benzene rings is 1. The average Bonchev–Trinajstić information content (AvgIpc) is 2.39. The van der Waals surface area contributed by atoms with E-state index in [1.807, 2.05) is 13.8 Å². The molecule has 0 heterocycles. The Hall–Kier alpha value is -1.50. The Morgan fingerprint density at radius 2 is 2.11 bits per heavy atom. The van der Waals surface area contributed by atoms with Gasteiger partial charge in [-0.2, -0.15) is 0 Å². The van der Waals surface area contributed by atoms with Crippen molar-refractivity contribution >= 4 is 23.2 Å². The topological polar surface area (TPSA) is 49.3 Å². The van der Waals surface area contributed by atoms with Crippen LogP contribution in [-0.4, -0.2) is 17.6 Å². The smallest absolute Gasteiger partial charge is 0.227 e. The van der Waals surface area contributed by atoms with Crippen LogP contribution in [0.3, 0.4) is 0 Å². The second-order valence-electron chi connectivity index (χ2n) is 4.15. The number of rotatable bonds is 4. The molecule has 1 aromatic carbocycles. The number of halogens is 1. The van der Waals surface area contributed by atoms with Gasteiger partial charge in [-0.3, -0.25) is 4.79 Å². The number of aliphatic hydroxyl groups excluding tert-OH is 1. The maximum Gasteiger partial charge on any atom is 0.227 e. The number of hydrogen-bond acceptors (Lipinski definition) is 2. The van der Waals surface area contributed by atoms with Crippen LogP contribution in [0, 0.1) is 17.8 Å². The van der Waals surface area contributed by atoms with Crippen LogP contribution in [0.25, 0.3) is 0 Å². The summed E-state index contributed by atoms with van der Waals surface area (Å²) in [5.74, 6) is 5.32. The van der Waals surface area contributed by atoms with Gasteiger partial charge in [0.05, 0.1) is 5.69 Å². The first-order chi connectivity index (χ1) is 9.12. The molecule has 0 saturated carbocycles. The van der Waals surface area contributed by atoms with E-state index in [0.717, 1.165) is 12.8 Å². The summed E-state index contributed by atoms with van der Waals surface area (Å²) in [6.45, 7) is 3.75. The first-order valence-electron chi connectivity index (χ1n) is 6.32. The van der Waals surface area contributed by atoms with Gasteiger partial charge in [-0.05, 0) is 31.0 Å². The van der Waals surface area contributed by atoms with E-state index in [-0.39, 0.29) is 18.4 Å². The number of carbonyl (C=O) groups excluding carboxylic acids is 1. The van der Waals surface area contributed by atoms with E-state index in [4.69, 9.17) is 16.7 Å². The fraction of sp³-hybridized carbons (Fsp3) is 0.400. The minimum Gasteiger partial charge on any atom is -0.384 e. The van der Waals surface area contributed by atoms with Gasteiger partial charge < -0.3 is 10.4 Å². The highest BCUT2D eigenvalue weighted by Crippen LogP contribution is 2.22. The van der Waals surface area contributed by atoms with E-state index in [0.29, 0.717) is 16.3 Å². The van der Waals surface area contributed by atoms with Crippen molar-refractivity contribution in [1.29, 1.82) is 0 Å². The first kappa shape index (κ1) is 15.6. The van der Waals surface area contributed by atoms with E-state index in [2.05, 4.69) is 17.2 Å². The molecule has 1 aromatic rings. The molecule has 2 N–H and O–H groups in total. The highest BCUT2D eigenvalue weighted by molar-refractivity contribution is 6.31. The number of aliphatic hydroxyl groups is 1. The molecule has 0 unspecified atom stereocenters. The summed E-state index contributed by atoms with van der Waals surface area (Å²) in [6, 6.07) is 5.10. The van der Waals surface area contributed by atoms with E-state index >= 15 is 0 Å². The normalized spacial score (nSPS) is 9.95. The van der Waals surface area contributed by atoms with Crippen LogP contribution in [-0.2, 0) is 4.79 Å². The number of hydrogen-bond donors (Lipinski definition) is 2. The van der Waals surface area contributed by atoms with E-state index in [9.17, 15) is 4.79 Å². The number of anilines is 1. The predicted octanol–water partition coefficient (Wildman–Crippen LogP) is 3.06. The molecule has 3 nitrogen and oxygen atoms in total. The molecule has 102 valence electrons. The van der Waals surface area contributed by atoms with E-state index in [1.165, 1.54) is 0 Å². The zero-order valence-corrected chi connectivity index (χ0v) is 11.9. The summed E-state index contributed by atoms with van der Waals surface area (Å²) in [5, 5.41) is 12.1. The zero-order chi connectivity index (χ0) is 14.3. The number of amides is 1. The SMILES string of the molecule is CCC(CC)C(=O)Nc1cc(Cl)ccc1C#CCO. The third-order valence-electron chi connectivity index (χ3n) is 2.90. The lowest BCUT2D eigenvalue weighted by Crippen LogP contribution is -2.22. The van der Waals surface area contributed by atoms with Crippen molar-refractivity contribution in [2.75, 3.05) is 11.9 Å². The first-order valence-corrected chi connectivity index (χ1v) is 6.70. The van der Waals surface area contributed by atoms with Crippen LogP contribution in [0.5, 0.6) is 0 Å². The van der Waals surface area contributed by atoms with Gasteiger partial charge in [-0.15, -0.1) is 0 Å². The Bertz CT molecular complexity index is 499. The Kier molecular flexibility index (Phi) is 6.41. The van der Waals surface area contributed by atoms with Crippen LogP contribution in [0.2, 0.25) is 5.02 Å². The zero-order valence-electron chi connectivity index (χ0n) is 11.2. The minimum absolute atomic E-state index is 0.0161. The Labute approximate surface area is 119 Å². The molecule has 0 saturated heterocycles. The molecule has 0 radical (unpaired) electrons. The van der Waals surface area contributed by atoms with Crippen LogP contribution < -0.4 is 5.32 Å². The van der Waals surface area contributed by atoms with Crippen molar-refractivity contribution in [2.45, 2.75) is 26.7 Å². The third-order valence-corrected chi connectivity index (χ3v) is 3.13. The number of nitrogens with one attached hydrogen (secondary N) is 1. The van der Waals surface area contributed by atoms with Crippen molar-refractivity contribution in [3.8, 4) is 11.8 Å². The fourth-order valence-electron chi connectivity index (χ4n) is 1.76. The molecule has 0 aromatic heterocycles. The van der Waals surface area contributed by atoms with Crippen molar-refractivity contribution in [1.82, 2.24) is 0 Å². The molecule has 0 aliphatic rings. The lowest BCUT2D eigenvalue weighted by atomic mass is 10.0. The van der Waals surface area contributed by atoms with Crippen molar-refractivity contribution in [3.05, 3.63) is 28.8 Å². The standard InChI is InChI=1S/C15H18ClNO2/c1-3-11(4-2)15(19)17-14-10-13(16)8-7-12(14)6-5-9-18/h7-8,10-11,18H,3-4,9H2,1-2H3,(H,17,19). The molecule has 1 amide bonds.